The van der Waals surface area contributed by atoms with E-state index in [0.717, 1.165) is 12.8 Å². The molecule has 1 atom stereocenters. The molecule has 138 valence electrons. The van der Waals surface area contributed by atoms with Crippen molar-refractivity contribution in [3.63, 3.8) is 0 Å². The monoisotopic (exact) mass is 386 g/mol. The van der Waals surface area contributed by atoms with Crippen LogP contribution in [0.15, 0.2) is 21.7 Å². The van der Waals surface area contributed by atoms with Crippen LogP contribution in [0, 0.1) is 5.92 Å². The molecule has 25 heavy (non-hydrogen) atoms. The highest BCUT2D eigenvalue weighted by Gasteiger charge is 2.34. The van der Waals surface area contributed by atoms with Crippen molar-refractivity contribution in [2.45, 2.75) is 49.0 Å². The Bertz CT molecular complexity index is 720. The van der Waals surface area contributed by atoms with Gasteiger partial charge in [0.15, 0.2) is 6.10 Å². The molecule has 1 saturated heterocycles. The first kappa shape index (κ1) is 18.3. The molecule has 0 unspecified atom stereocenters. The Morgan fingerprint density at radius 2 is 1.96 bits per heavy atom. The lowest BCUT2D eigenvalue weighted by molar-refractivity contribution is -0.159. The molecule has 2 heterocycles. The number of sulfonamides is 1. The number of thiophene rings is 1. The summed E-state index contributed by atoms with van der Waals surface area (Å²) in [6.07, 6.45) is 1.94. The van der Waals surface area contributed by atoms with Gasteiger partial charge in [0.25, 0.3) is 15.9 Å². The van der Waals surface area contributed by atoms with Gasteiger partial charge >= 0.3 is 5.97 Å². The number of hydrogen-bond acceptors (Lipinski definition) is 6. The summed E-state index contributed by atoms with van der Waals surface area (Å²) in [5.41, 5.74) is 0. The summed E-state index contributed by atoms with van der Waals surface area (Å²) in [6.45, 7) is 2.12. The van der Waals surface area contributed by atoms with E-state index in [-0.39, 0.29) is 31.0 Å². The Morgan fingerprint density at radius 3 is 2.52 bits per heavy atom. The van der Waals surface area contributed by atoms with Crippen molar-refractivity contribution in [2.75, 3.05) is 13.1 Å². The van der Waals surface area contributed by atoms with Crippen LogP contribution in [0.3, 0.4) is 0 Å². The van der Waals surface area contributed by atoms with Crippen LogP contribution in [-0.2, 0) is 24.3 Å². The van der Waals surface area contributed by atoms with E-state index in [0.29, 0.717) is 17.1 Å². The van der Waals surface area contributed by atoms with Crippen LogP contribution in [-0.4, -0.2) is 49.8 Å². The van der Waals surface area contributed by atoms with Crippen molar-refractivity contribution in [3.8, 4) is 0 Å². The molecule has 1 aromatic rings. The van der Waals surface area contributed by atoms with Crippen LogP contribution in [0.4, 0.5) is 0 Å². The third-order valence-electron chi connectivity index (χ3n) is 4.46. The Labute approximate surface area is 151 Å². The first-order valence-electron chi connectivity index (χ1n) is 8.42. The van der Waals surface area contributed by atoms with Gasteiger partial charge in [-0.2, -0.15) is 4.31 Å². The zero-order chi connectivity index (χ0) is 18.0. The summed E-state index contributed by atoms with van der Waals surface area (Å²) in [5, 5.41) is 4.53. The molecule has 7 nitrogen and oxygen atoms in total. The van der Waals surface area contributed by atoms with Crippen LogP contribution < -0.4 is 5.32 Å². The van der Waals surface area contributed by atoms with Gasteiger partial charge in [-0.25, -0.2) is 8.42 Å². The lowest BCUT2D eigenvalue weighted by Gasteiger charge is -2.30. The molecule has 1 aromatic heterocycles. The molecule has 3 rings (SSSR count). The van der Waals surface area contributed by atoms with E-state index < -0.39 is 22.1 Å². The van der Waals surface area contributed by atoms with Gasteiger partial charge in [0.1, 0.15) is 4.21 Å². The largest absolute Gasteiger partial charge is 0.452 e. The van der Waals surface area contributed by atoms with Gasteiger partial charge < -0.3 is 10.1 Å². The van der Waals surface area contributed by atoms with Gasteiger partial charge in [-0.3, -0.25) is 9.59 Å². The zero-order valence-electron chi connectivity index (χ0n) is 14.0. The van der Waals surface area contributed by atoms with Crippen LogP contribution in [0.2, 0.25) is 0 Å². The number of amides is 1. The first-order chi connectivity index (χ1) is 11.9. The van der Waals surface area contributed by atoms with E-state index in [4.69, 9.17) is 4.74 Å². The minimum Gasteiger partial charge on any atom is -0.452 e. The number of nitrogens with one attached hydrogen (secondary N) is 1. The van der Waals surface area contributed by atoms with Gasteiger partial charge in [-0.1, -0.05) is 6.07 Å². The Kier molecular flexibility index (Phi) is 5.45. The maximum absolute atomic E-state index is 12.5. The summed E-state index contributed by atoms with van der Waals surface area (Å²) >= 11 is 1.19. The normalized spacial score (nSPS) is 20.8. The summed E-state index contributed by atoms with van der Waals surface area (Å²) in [4.78, 5) is 24.1. The zero-order valence-corrected chi connectivity index (χ0v) is 15.6. The topological polar surface area (TPSA) is 92.8 Å². The van der Waals surface area contributed by atoms with Gasteiger partial charge in [0, 0.05) is 19.1 Å². The standard InChI is InChI=1S/C16H22N2O5S2/c1-11(15(19)17-13-4-5-13)23-16(20)12-6-8-18(9-7-12)25(21,22)14-3-2-10-24-14/h2-3,10-13H,4-9H2,1H3,(H,17,19)/t11-/m1/s1. The van der Waals surface area contributed by atoms with Crippen LogP contribution in [0.25, 0.3) is 0 Å². The van der Waals surface area contributed by atoms with Gasteiger partial charge in [0.2, 0.25) is 0 Å². The molecule has 0 aromatic carbocycles. The molecule has 1 aliphatic carbocycles. The molecule has 0 spiro atoms. The molecule has 1 N–H and O–H groups in total. The van der Waals surface area contributed by atoms with Gasteiger partial charge in [-0.15, -0.1) is 11.3 Å². The number of nitrogens with zero attached hydrogens (tertiary/aromatic N) is 1. The number of hydrogen-bond donors (Lipinski definition) is 1. The van der Waals surface area contributed by atoms with E-state index in [2.05, 4.69) is 5.32 Å². The van der Waals surface area contributed by atoms with Crippen LogP contribution in [0.1, 0.15) is 32.6 Å². The number of esters is 1. The molecule has 9 heteroatoms. The number of carbonyl (C=O) groups is 2. The summed E-state index contributed by atoms with van der Waals surface area (Å²) < 4.78 is 31.9. The third kappa shape index (κ3) is 4.39. The van der Waals surface area contributed by atoms with Crippen molar-refractivity contribution in [1.29, 1.82) is 0 Å². The number of carbonyl (C=O) groups excluding carboxylic acids is 2. The molecule has 1 aliphatic heterocycles. The predicted octanol–water partition coefficient (Wildman–Crippen LogP) is 1.36. The van der Waals surface area contributed by atoms with E-state index in [1.165, 1.54) is 15.6 Å². The number of ether oxygens (including phenoxy) is 1. The summed E-state index contributed by atoms with van der Waals surface area (Å²) in [6, 6.07) is 3.51. The Hall–Kier alpha value is -1.45. The summed E-state index contributed by atoms with van der Waals surface area (Å²) in [5.74, 6) is -1.06. The molecule has 2 aliphatic rings. The fourth-order valence-electron chi connectivity index (χ4n) is 2.74. The molecule has 2 fully saturated rings. The first-order valence-corrected chi connectivity index (χ1v) is 10.7. The lowest BCUT2D eigenvalue weighted by atomic mass is 9.98. The van der Waals surface area contributed by atoms with Crippen molar-refractivity contribution in [1.82, 2.24) is 9.62 Å². The van der Waals surface area contributed by atoms with Crippen molar-refractivity contribution < 1.29 is 22.7 Å². The Morgan fingerprint density at radius 1 is 1.28 bits per heavy atom. The average Bonchev–Trinajstić information content (AvgIpc) is 3.23. The average molecular weight is 386 g/mol. The minimum atomic E-state index is -3.48. The maximum Gasteiger partial charge on any atom is 0.309 e. The highest BCUT2D eigenvalue weighted by molar-refractivity contribution is 7.91. The van der Waals surface area contributed by atoms with Gasteiger partial charge in [0.05, 0.1) is 5.92 Å². The van der Waals surface area contributed by atoms with E-state index in [1.807, 2.05) is 0 Å². The number of piperidine rings is 1. The molecular formula is C16H22N2O5S2. The third-order valence-corrected chi connectivity index (χ3v) is 7.73. The summed E-state index contributed by atoms with van der Waals surface area (Å²) in [7, 11) is -3.48. The highest BCUT2D eigenvalue weighted by Crippen LogP contribution is 2.27. The number of rotatable bonds is 6. The van der Waals surface area contributed by atoms with Crippen molar-refractivity contribution >= 4 is 33.2 Å². The van der Waals surface area contributed by atoms with E-state index in [9.17, 15) is 18.0 Å². The minimum absolute atomic E-state index is 0.222. The predicted molar refractivity (Wildman–Crippen MR) is 92.5 cm³/mol. The maximum atomic E-state index is 12.5. The Balaban J connectivity index is 1.49. The van der Waals surface area contributed by atoms with Gasteiger partial charge in [-0.05, 0) is 44.1 Å². The molecule has 0 radical (unpaired) electrons. The van der Waals surface area contributed by atoms with Crippen molar-refractivity contribution in [2.24, 2.45) is 5.92 Å². The van der Waals surface area contributed by atoms with Crippen LogP contribution >= 0.6 is 11.3 Å². The quantitative estimate of drug-likeness (QED) is 0.745. The molecule has 0 bridgehead atoms. The van der Waals surface area contributed by atoms with E-state index >= 15 is 0 Å². The second-order valence-electron chi connectivity index (χ2n) is 6.47. The molecule has 1 amide bonds. The second kappa shape index (κ2) is 7.43. The SMILES string of the molecule is C[C@@H](OC(=O)C1CCN(S(=O)(=O)c2cccs2)CC1)C(=O)NC1CC1. The van der Waals surface area contributed by atoms with Crippen molar-refractivity contribution in [3.05, 3.63) is 17.5 Å². The van der Waals surface area contributed by atoms with Crippen LogP contribution in [0.5, 0.6) is 0 Å². The molecular weight excluding hydrogens is 364 g/mol. The van der Waals surface area contributed by atoms with E-state index in [1.54, 1.807) is 24.4 Å². The molecule has 1 saturated carbocycles. The smallest absolute Gasteiger partial charge is 0.309 e. The second-order valence-corrected chi connectivity index (χ2v) is 9.58. The fourth-order valence-corrected chi connectivity index (χ4v) is 5.35. The highest BCUT2D eigenvalue weighted by atomic mass is 32.2. The lowest BCUT2D eigenvalue weighted by Crippen LogP contribution is -2.42. The fraction of sp³-hybridized carbons (Fsp3) is 0.625.